The Bertz CT molecular complexity index is 732. The number of nitrogens with zero attached hydrogens (tertiary/aromatic N) is 2. The minimum Gasteiger partial charge on any atom is -0.495 e. The summed E-state index contributed by atoms with van der Waals surface area (Å²) in [5.41, 5.74) is 0.729. The van der Waals surface area contributed by atoms with E-state index in [1.54, 1.807) is 36.0 Å². The highest BCUT2D eigenvalue weighted by molar-refractivity contribution is 5.64. The number of hydrogen-bond donors (Lipinski definition) is 0. The zero-order valence-corrected chi connectivity index (χ0v) is 10.1. The van der Waals surface area contributed by atoms with Gasteiger partial charge in [-0.15, -0.1) is 0 Å². The predicted octanol–water partition coefficient (Wildman–Crippen LogP) is 3.29. The van der Waals surface area contributed by atoms with Gasteiger partial charge >= 0.3 is 0 Å². The summed E-state index contributed by atoms with van der Waals surface area (Å²) in [5.74, 6) is -0.615. The number of imidazole rings is 1. The SMILES string of the molecule is COc1ccc2nc(-c3c(F)cccc3F)cn2c1. The number of aromatic nitrogens is 2. The molecule has 0 aliphatic heterocycles. The average molecular weight is 260 g/mol. The van der Waals surface area contributed by atoms with Crippen LogP contribution in [0.15, 0.2) is 42.7 Å². The number of methoxy groups -OCH3 is 1. The third kappa shape index (κ3) is 1.93. The Morgan fingerprint density at radius 3 is 2.47 bits per heavy atom. The van der Waals surface area contributed by atoms with Gasteiger partial charge in [-0.3, -0.25) is 0 Å². The Labute approximate surface area is 108 Å². The molecule has 2 heterocycles. The van der Waals surface area contributed by atoms with Crippen molar-refractivity contribution in [3.8, 4) is 17.0 Å². The van der Waals surface area contributed by atoms with E-state index in [1.165, 1.54) is 18.2 Å². The fourth-order valence-electron chi connectivity index (χ4n) is 1.96. The van der Waals surface area contributed by atoms with Gasteiger partial charge in [0.05, 0.1) is 24.6 Å². The van der Waals surface area contributed by atoms with Crippen molar-refractivity contribution in [2.24, 2.45) is 0 Å². The molecule has 0 saturated heterocycles. The van der Waals surface area contributed by atoms with Gasteiger partial charge in [-0.25, -0.2) is 13.8 Å². The Hall–Kier alpha value is -2.43. The van der Waals surface area contributed by atoms with E-state index in [4.69, 9.17) is 4.74 Å². The highest BCUT2D eigenvalue weighted by Crippen LogP contribution is 2.26. The van der Waals surface area contributed by atoms with Crippen LogP contribution in [0.1, 0.15) is 0 Å². The molecule has 0 aliphatic carbocycles. The summed E-state index contributed by atoms with van der Waals surface area (Å²) in [7, 11) is 1.55. The maximum atomic E-state index is 13.7. The minimum atomic E-state index is -0.629. The number of hydrogen-bond acceptors (Lipinski definition) is 2. The first-order valence-electron chi connectivity index (χ1n) is 5.66. The number of halogens is 2. The van der Waals surface area contributed by atoms with Crippen LogP contribution in [-0.4, -0.2) is 16.5 Å². The van der Waals surface area contributed by atoms with Gasteiger partial charge in [0.15, 0.2) is 0 Å². The molecular weight excluding hydrogens is 250 g/mol. The van der Waals surface area contributed by atoms with Crippen LogP contribution in [0.3, 0.4) is 0 Å². The minimum absolute atomic E-state index is 0.120. The summed E-state index contributed by atoms with van der Waals surface area (Å²) in [5, 5.41) is 0. The van der Waals surface area contributed by atoms with Gasteiger partial charge in [-0.05, 0) is 24.3 Å². The molecule has 0 amide bonds. The van der Waals surface area contributed by atoms with Crippen LogP contribution in [-0.2, 0) is 0 Å². The van der Waals surface area contributed by atoms with Crippen molar-refractivity contribution in [1.82, 2.24) is 9.38 Å². The second-order valence-corrected chi connectivity index (χ2v) is 4.06. The maximum absolute atomic E-state index is 13.7. The van der Waals surface area contributed by atoms with E-state index in [0.717, 1.165) is 0 Å². The summed E-state index contributed by atoms with van der Waals surface area (Å²) in [4.78, 5) is 4.21. The van der Waals surface area contributed by atoms with E-state index in [-0.39, 0.29) is 11.3 Å². The lowest BCUT2D eigenvalue weighted by Gasteiger charge is -1.99. The van der Waals surface area contributed by atoms with E-state index in [0.29, 0.717) is 11.4 Å². The van der Waals surface area contributed by atoms with Gasteiger partial charge < -0.3 is 9.14 Å². The Kier molecular flexibility index (Phi) is 2.67. The van der Waals surface area contributed by atoms with E-state index >= 15 is 0 Å². The van der Waals surface area contributed by atoms with Gasteiger partial charge in [-0.1, -0.05) is 6.07 Å². The first-order chi connectivity index (χ1) is 9.19. The summed E-state index contributed by atoms with van der Waals surface area (Å²) >= 11 is 0. The monoisotopic (exact) mass is 260 g/mol. The van der Waals surface area contributed by atoms with Gasteiger partial charge in [0.2, 0.25) is 0 Å². The van der Waals surface area contributed by atoms with Gasteiger partial charge in [-0.2, -0.15) is 0 Å². The maximum Gasteiger partial charge on any atom is 0.137 e. The Balaban J connectivity index is 2.21. The van der Waals surface area contributed by atoms with Crippen LogP contribution in [0.25, 0.3) is 16.9 Å². The summed E-state index contributed by atoms with van der Waals surface area (Å²) in [6.07, 6.45) is 3.27. The third-order valence-electron chi connectivity index (χ3n) is 2.88. The second kappa shape index (κ2) is 4.35. The number of ether oxygens (including phenoxy) is 1. The van der Waals surface area contributed by atoms with Crippen LogP contribution in [0.5, 0.6) is 5.75 Å². The molecule has 3 aromatic rings. The molecular formula is C14H10F2N2O. The third-order valence-corrected chi connectivity index (χ3v) is 2.88. The smallest absolute Gasteiger partial charge is 0.137 e. The summed E-state index contributed by atoms with van der Waals surface area (Å²) in [6, 6.07) is 7.21. The van der Waals surface area contributed by atoms with Crippen molar-refractivity contribution in [3.05, 3.63) is 54.4 Å². The van der Waals surface area contributed by atoms with Crippen LogP contribution < -0.4 is 4.74 Å². The fourth-order valence-corrected chi connectivity index (χ4v) is 1.96. The van der Waals surface area contributed by atoms with Gasteiger partial charge in [0.1, 0.15) is 23.0 Å². The highest BCUT2D eigenvalue weighted by Gasteiger charge is 2.14. The van der Waals surface area contributed by atoms with E-state index in [2.05, 4.69) is 4.98 Å². The van der Waals surface area contributed by atoms with E-state index in [1.807, 2.05) is 0 Å². The van der Waals surface area contributed by atoms with Gasteiger partial charge in [0.25, 0.3) is 0 Å². The van der Waals surface area contributed by atoms with Crippen molar-refractivity contribution < 1.29 is 13.5 Å². The number of fused-ring (bicyclic) bond motifs is 1. The second-order valence-electron chi connectivity index (χ2n) is 4.06. The largest absolute Gasteiger partial charge is 0.495 e. The molecule has 3 nitrogen and oxygen atoms in total. The van der Waals surface area contributed by atoms with Gasteiger partial charge in [0, 0.05) is 6.20 Å². The lowest BCUT2D eigenvalue weighted by Crippen LogP contribution is -1.89. The number of benzene rings is 1. The summed E-state index contributed by atoms with van der Waals surface area (Å²) in [6.45, 7) is 0. The molecule has 2 aromatic heterocycles. The van der Waals surface area contributed by atoms with Crippen LogP contribution in [0, 0.1) is 11.6 Å². The Morgan fingerprint density at radius 1 is 1.05 bits per heavy atom. The highest BCUT2D eigenvalue weighted by atomic mass is 19.1. The zero-order valence-electron chi connectivity index (χ0n) is 10.1. The van der Waals surface area contributed by atoms with Crippen LogP contribution >= 0.6 is 0 Å². The van der Waals surface area contributed by atoms with Crippen molar-refractivity contribution in [1.29, 1.82) is 0 Å². The lowest BCUT2D eigenvalue weighted by atomic mass is 10.1. The lowest BCUT2D eigenvalue weighted by molar-refractivity contribution is 0.412. The fraction of sp³-hybridized carbons (Fsp3) is 0.0714. The van der Waals surface area contributed by atoms with Crippen LogP contribution in [0.4, 0.5) is 8.78 Å². The molecule has 19 heavy (non-hydrogen) atoms. The number of pyridine rings is 1. The van der Waals surface area contributed by atoms with Crippen LogP contribution in [0.2, 0.25) is 0 Å². The average Bonchev–Trinajstić information content (AvgIpc) is 2.80. The zero-order chi connectivity index (χ0) is 13.4. The molecule has 0 spiro atoms. The Morgan fingerprint density at radius 2 is 1.79 bits per heavy atom. The molecule has 0 bridgehead atoms. The molecule has 1 aromatic carbocycles. The molecule has 0 unspecified atom stereocenters. The number of rotatable bonds is 2. The topological polar surface area (TPSA) is 26.5 Å². The predicted molar refractivity (Wildman–Crippen MR) is 67.1 cm³/mol. The molecule has 0 atom stereocenters. The standard InChI is InChI=1S/C14H10F2N2O/c1-19-9-5-6-13-17-12(8-18(13)7-9)14-10(15)3-2-4-11(14)16/h2-8H,1H3. The van der Waals surface area contributed by atoms with Crippen molar-refractivity contribution in [2.75, 3.05) is 7.11 Å². The molecule has 5 heteroatoms. The molecule has 0 fully saturated rings. The molecule has 0 saturated carbocycles. The first-order valence-corrected chi connectivity index (χ1v) is 5.66. The van der Waals surface area contributed by atoms with E-state index in [9.17, 15) is 8.78 Å². The quantitative estimate of drug-likeness (QED) is 0.706. The molecule has 3 rings (SSSR count). The molecule has 0 N–H and O–H groups in total. The molecule has 96 valence electrons. The van der Waals surface area contributed by atoms with Crippen molar-refractivity contribution >= 4 is 5.65 Å². The normalized spacial score (nSPS) is 10.9. The van der Waals surface area contributed by atoms with E-state index < -0.39 is 11.6 Å². The first kappa shape index (κ1) is 11.6. The van der Waals surface area contributed by atoms with Crippen molar-refractivity contribution in [3.63, 3.8) is 0 Å². The van der Waals surface area contributed by atoms with Crippen molar-refractivity contribution in [2.45, 2.75) is 0 Å². The summed E-state index contributed by atoms with van der Waals surface area (Å²) < 4.78 is 34.1. The molecule has 0 aliphatic rings. The molecule has 0 radical (unpaired) electrons.